The first-order valence-corrected chi connectivity index (χ1v) is 7.49. The second-order valence-corrected chi connectivity index (χ2v) is 5.49. The molecule has 0 spiro atoms. The minimum Gasteiger partial charge on any atom is -0.490 e. The molecule has 24 heavy (non-hydrogen) atoms. The first kappa shape index (κ1) is 14.4. The zero-order valence-electron chi connectivity index (χ0n) is 12.5. The van der Waals surface area contributed by atoms with Gasteiger partial charge >= 0.3 is 11.7 Å². The largest absolute Gasteiger partial charge is 0.490 e. The summed E-state index contributed by atoms with van der Waals surface area (Å²) in [5, 5.41) is 14.5. The molecule has 1 aliphatic carbocycles. The van der Waals surface area contributed by atoms with E-state index in [-0.39, 0.29) is 17.5 Å². The number of nitro groups is 1. The molecule has 0 aliphatic heterocycles. The number of ether oxygens (including phenoxy) is 1. The first-order valence-electron chi connectivity index (χ1n) is 7.49. The van der Waals surface area contributed by atoms with Crippen LogP contribution in [-0.2, 0) is 0 Å². The summed E-state index contributed by atoms with van der Waals surface area (Å²) in [5.41, 5.74) is 0.756. The highest BCUT2D eigenvalue weighted by Gasteiger charge is 2.20. The summed E-state index contributed by atoms with van der Waals surface area (Å²) in [5.74, 6) is 1.20. The molecule has 0 bridgehead atoms. The van der Waals surface area contributed by atoms with Crippen LogP contribution in [0, 0.1) is 10.1 Å². The highest BCUT2D eigenvalue weighted by atomic mass is 16.6. The molecule has 9 nitrogen and oxygen atoms in total. The number of imidazole rings is 1. The molecule has 3 aromatic rings. The Morgan fingerprint density at radius 2 is 2.08 bits per heavy atom. The Morgan fingerprint density at radius 3 is 2.71 bits per heavy atom. The van der Waals surface area contributed by atoms with Gasteiger partial charge in [0.25, 0.3) is 5.82 Å². The van der Waals surface area contributed by atoms with Crippen molar-refractivity contribution in [3.8, 4) is 28.9 Å². The minimum atomic E-state index is -0.575. The lowest BCUT2D eigenvalue weighted by Crippen LogP contribution is -2.24. The van der Waals surface area contributed by atoms with Gasteiger partial charge in [-0.25, -0.2) is 9.97 Å². The predicted molar refractivity (Wildman–Crippen MR) is 82.2 cm³/mol. The topological polar surface area (TPSA) is 120 Å². The van der Waals surface area contributed by atoms with Crippen molar-refractivity contribution in [2.75, 3.05) is 0 Å². The molecular formula is C15H13N5O4. The van der Waals surface area contributed by atoms with Crippen LogP contribution in [0.15, 0.2) is 35.0 Å². The highest BCUT2D eigenvalue weighted by molar-refractivity contribution is 5.58. The van der Waals surface area contributed by atoms with Crippen LogP contribution in [0.4, 0.5) is 5.82 Å². The number of nitrogens with zero attached hydrogens (tertiary/aromatic N) is 4. The molecule has 0 amide bonds. The number of hydrogen-bond acceptors (Lipinski definition) is 7. The third-order valence-electron chi connectivity index (χ3n) is 3.86. The fourth-order valence-corrected chi connectivity index (χ4v) is 2.31. The van der Waals surface area contributed by atoms with Crippen molar-refractivity contribution >= 4 is 5.82 Å². The van der Waals surface area contributed by atoms with Crippen molar-refractivity contribution in [3.05, 3.63) is 40.6 Å². The third-order valence-corrected chi connectivity index (χ3v) is 3.86. The van der Waals surface area contributed by atoms with Crippen molar-refractivity contribution in [2.24, 2.45) is 0 Å². The highest BCUT2D eigenvalue weighted by Crippen LogP contribution is 2.27. The predicted octanol–water partition coefficient (Wildman–Crippen LogP) is 2.97. The van der Waals surface area contributed by atoms with Crippen LogP contribution in [0.3, 0.4) is 0 Å². The molecule has 0 unspecified atom stereocenters. The van der Waals surface area contributed by atoms with E-state index in [1.165, 1.54) is 6.42 Å². The molecule has 1 aliphatic rings. The molecular weight excluding hydrogens is 314 g/mol. The molecule has 9 heteroatoms. The maximum atomic E-state index is 10.7. The number of aromatic amines is 1. The van der Waals surface area contributed by atoms with Crippen LogP contribution in [-0.4, -0.2) is 31.1 Å². The van der Waals surface area contributed by atoms with Gasteiger partial charge in [-0.3, -0.25) is 0 Å². The van der Waals surface area contributed by atoms with E-state index in [4.69, 9.17) is 9.26 Å². The van der Waals surface area contributed by atoms with Crippen LogP contribution in [0.5, 0.6) is 5.75 Å². The lowest BCUT2D eigenvalue weighted by atomic mass is 9.96. The molecule has 0 saturated heterocycles. The fraction of sp³-hybridized carbons (Fsp3) is 0.267. The average Bonchev–Trinajstić information content (AvgIpc) is 3.20. The smallest absolute Gasteiger partial charge is 0.341 e. The molecule has 1 N–H and O–H groups in total. The van der Waals surface area contributed by atoms with Crippen LogP contribution in [0.1, 0.15) is 19.3 Å². The average molecular weight is 327 g/mol. The van der Waals surface area contributed by atoms with Gasteiger partial charge in [0, 0.05) is 5.56 Å². The summed E-state index contributed by atoms with van der Waals surface area (Å²) >= 11 is 0. The monoisotopic (exact) mass is 327 g/mol. The number of hydrogen-bond donors (Lipinski definition) is 1. The molecule has 122 valence electrons. The number of aromatic nitrogens is 4. The molecule has 1 fully saturated rings. The summed E-state index contributed by atoms with van der Waals surface area (Å²) < 4.78 is 10.9. The second-order valence-electron chi connectivity index (χ2n) is 5.49. The quantitative estimate of drug-likeness (QED) is 0.565. The molecule has 1 aromatic carbocycles. The second kappa shape index (κ2) is 5.76. The Hall–Kier alpha value is -3.23. The lowest BCUT2D eigenvalue weighted by Gasteiger charge is -2.26. The van der Waals surface area contributed by atoms with E-state index in [1.54, 1.807) is 0 Å². The van der Waals surface area contributed by atoms with Gasteiger partial charge in [-0.1, -0.05) is 5.16 Å². The zero-order chi connectivity index (χ0) is 16.5. The SMILES string of the molecule is O=[N+]([O-])c1cnc(-c2nc(-c3ccc(OC4CCC4)cc3)no2)[nH]1. The van der Waals surface area contributed by atoms with Crippen molar-refractivity contribution in [1.82, 2.24) is 20.1 Å². The van der Waals surface area contributed by atoms with Crippen LogP contribution in [0.2, 0.25) is 0 Å². The van der Waals surface area contributed by atoms with Crippen LogP contribution < -0.4 is 4.74 Å². The van der Waals surface area contributed by atoms with Gasteiger partial charge in [0.2, 0.25) is 5.82 Å². The van der Waals surface area contributed by atoms with Gasteiger partial charge in [-0.2, -0.15) is 4.98 Å². The van der Waals surface area contributed by atoms with E-state index >= 15 is 0 Å². The Morgan fingerprint density at radius 1 is 1.29 bits per heavy atom. The Labute approximate surface area is 135 Å². The van der Waals surface area contributed by atoms with E-state index in [9.17, 15) is 10.1 Å². The van der Waals surface area contributed by atoms with Crippen LogP contribution >= 0.6 is 0 Å². The van der Waals surface area contributed by atoms with Crippen molar-refractivity contribution in [1.29, 1.82) is 0 Å². The molecule has 0 atom stereocenters. The van der Waals surface area contributed by atoms with E-state index in [2.05, 4.69) is 20.1 Å². The molecule has 2 aromatic heterocycles. The number of H-pyrrole nitrogens is 1. The fourth-order valence-electron chi connectivity index (χ4n) is 2.31. The standard InChI is InChI=1S/C15H13N5O4/c21-20(22)12-8-16-14(17-12)15-18-13(19-24-15)9-4-6-11(7-5-9)23-10-2-1-3-10/h4-8,10H,1-3H2,(H,16,17). The lowest BCUT2D eigenvalue weighted by molar-refractivity contribution is -0.389. The van der Waals surface area contributed by atoms with E-state index in [0.29, 0.717) is 11.9 Å². The van der Waals surface area contributed by atoms with Gasteiger partial charge in [0.05, 0.1) is 6.10 Å². The summed E-state index contributed by atoms with van der Waals surface area (Å²) in [7, 11) is 0. The maximum Gasteiger partial charge on any atom is 0.341 e. The molecule has 4 rings (SSSR count). The van der Waals surface area contributed by atoms with Gasteiger partial charge in [-0.15, -0.1) is 0 Å². The third kappa shape index (κ3) is 2.71. The number of rotatable bonds is 5. The zero-order valence-corrected chi connectivity index (χ0v) is 12.5. The molecule has 1 saturated carbocycles. The van der Waals surface area contributed by atoms with E-state index < -0.39 is 4.92 Å². The van der Waals surface area contributed by atoms with E-state index in [1.807, 2.05) is 24.3 Å². The van der Waals surface area contributed by atoms with Crippen LogP contribution in [0.25, 0.3) is 23.1 Å². The summed E-state index contributed by atoms with van der Waals surface area (Å²) in [6.07, 6.45) is 4.85. The molecule has 0 radical (unpaired) electrons. The minimum absolute atomic E-state index is 0.0906. The van der Waals surface area contributed by atoms with Gasteiger partial charge in [0.15, 0.2) is 0 Å². The summed E-state index contributed by atoms with van der Waals surface area (Å²) in [4.78, 5) is 20.7. The Kier molecular flexibility index (Phi) is 3.45. The number of nitrogens with one attached hydrogen (secondary N) is 1. The Bertz CT molecular complexity index is 866. The normalized spacial score (nSPS) is 14.3. The van der Waals surface area contributed by atoms with Crippen molar-refractivity contribution in [2.45, 2.75) is 25.4 Å². The first-order chi connectivity index (χ1) is 11.7. The number of benzene rings is 1. The van der Waals surface area contributed by atoms with Gasteiger partial charge < -0.3 is 19.4 Å². The van der Waals surface area contributed by atoms with Gasteiger partial charge in [-0.05, 0) is 48.5 Å². The summed E-state index contributed by atoms with van der Waals surface area (Å²) in [6, 6.07) is 7.41. The van der Waals surface area contributed by atoms with E-state index in [0.717, 1.165) is 30.4 Å². The summed E-state index contributed by atoms with van der Waals surface area (Å²) in [6.45, 7) is 0. The van der Waals surface area contributed by atoms with Crippen molar-refractivity contribution in [3.63, 3.8) is 0 Å². The Balaban J connectivity index is 1.52. The molecule has 2 heterocycles. The van der Waals surface area contributed by atoms with Crippen molar-refractivity contribution < 1.29 is 14.2 Å². The maximum absolute atomic E-state index is 10.7. The van der Waals surface area contributed by atoms with Gasteiger partial charge in [0.1, 0.15) is 11.9 Å².